The van der Waals surface area contributed by atoms with Crippen LogP contribution >= 0.6 is 0 Å². The Bertz CT molecular complexity index is 780. The van der Waals surface area contributed by atoms with Crippen molar-refractivity contribution in [2.45, 2.75) is 6.10 Å². The largest absolute Gasteiger partial charge is 0.486 e. The van der Waals surface area contributed by atoms with Crippen molar-refractivity contribution in [3.8, 4) is 23.0 Å². The normalized spacial score (nSPS) is 17.5. The van der Waals surface area contributed by atoms with Gasteiger partial charge in [0.15, 0.2) is 29.1 Å². The minimum absolute atomic E-state index is 0.245. The Labute approximate surface area is 144 Å². The predicted molar refractivity (Wildman–Crippen MR) is 90.8 cm³/mol. The van der Waals surface area contributed by atoms with Crippen LogP contribution in [-0.2, 0) is 0 Å². The highest BCUT2D eigenvalue weighted by Gasteiger charge is 2.22. The molecule has 2 amide bonds. The lowest BCUT2D eigenvalue weighted by Gasteiger charge is -2.26. The summed E-state index contributed by atoms with van der Waals surface area (Å²) in [4.78, 5) is 12.2. The number of anilines is 1. The average Bonchev–Trinajstić information content (AvgIpc) is 2.66. The second-order valence-corrected chi connectivity index (χ2v) is 5.66. The maximum Gasteiger partial charge on any atom is 0.319 e. The number of carbonyl (C=O) groups is 1. The molecular formula is C18H18N2O5. The number of nitrogens with one attached hydrogen (secondary N) is 2. The van der Waals surface area contributed by atoms with E-state index < -0.39 is 0 Å². The molecule has 0 saturated heterocycles. The van der Waals surface area contributed by atoms with E-state index in [1.807, 2.05) is 30.3 Å². The van der Waals surface area contributed by atoms with Crippen LogP contribution in [0, 0.1) is 0 Å². The SMILES string of the molecule is O=C(NC[C@H]1COc2ccccc2O1)Nc1cccc2c1OCCO2. The van der Waals surface area contributed by atoms with Gasteiger partial charge in [-0.25, -0.2) is 4.79 Å². The summed E-state index contributed by atoms with van der Waals surface area (Å²) in [7, 11) is 0. The summed E-state index contributed by atoms with van der Waals surface area (Å²) in [5, 5.41) is 5.56. The number of benzene rings is 2. The first kappa shape index (κ1) is 15.4. The van der Waals surface area contributed by atoms with E-state index in [1.54, 1.807) is 12.1 Å². The van der Waals surface area contributed by atoms with Gasteiger partial charge in [0.05, 0.1) is 12.2 Å². The number of hydrogen-bond donors (Lipinski definition) is 2. The van der Waals surface area contributed by atoms with Gasteiger partial charge in [-0.1, -0.05) is 18.2 Å². The standard InChI is InChI=1S/C18H18N2O5/c21-18(20-13-4-3-7-16-17(13)23-9-8-22-16)19-10-12-11-24-14-5-1-2-6-15(14)25-12/h1-7,12H,8-11H2,(H2,19,20,21)/t12-/m0/s1. The molecule has 0 spiro atoms. The lowest BCUT2D eigenvalue weighted by molar-refractivity contribution is 0.0922. The number of ether oxygens (including phenoxy) is 4. The van der Waals surface area contributed by atoms with Gasteiger partial charge < -0.3 is 29.6 Å². The molecule has 2 aromatic carbocycles. The molecule has 0 fully saturated rings. The molecule has 7 heteroatoms. The Hall–Kier alpha value is -3.09. The summed E-state index contributed by atoms with van der Waals surface area (Å²) in [6.07, 6.45) is -0.245. The fraction of sp³-hybridized carbons (Fsp3) is 0.278. The Morgan fingerprint density at radius 2 is 1.76 bits per heavy atom. The molecule has 2 aliphatic rings. The van der Waals surface area contributed by atoms with Crippen LogP contribution in [0.3, 0.4) is 0 Å². The van der Waals surface area contributed by atoms with Gasteiger partial charge in [0.2, 0.25) is 0 Å². The first-order valence-electron chi connectivity index (χ1n) is 8.11. The molecule has 0 aliphatic carbocycles. The minimum Gasteiger partial charge on any atom is -0.486 e. The van der Waals surface area contributed by atoms with Crippen LogP contribution in [0.15, 0.2) is 42.5 Å². The van der Waals surface area contributed by atoms with Gasteiger partial charge in [0, 0.05) is 0 Å². The molecule has 7 nitrogen and oxygen atoms in total. The van der Waals surface area contributed by atoms with E-state index in [-0.39, 0.29) is 12.1 Å². The lowest BCUT2D eigenvalue weighted by atomic mass is 10.2. The number of carbonyl (C=O) groups excluding carboxylic acids is 1. The number of para-hydroxylation sites is 3. The molecule has 2 N–H and O–H groups in total. The van der Waals surface area contributed by atoms with Crippen molar-refractivity contribution in [2.24, 2.45) is 0 Å². The van der Waals surface area contributed by atoms with Crippen molar-refractivity contribution < 1.29 is 23.7 Å². The zero-order chi connectivity index (χ0) is 17.1. The van der Waals surface area contributed by atoms with Gasteiger partial charge in [-0.2, -0.15) is 0 Å². The van der Waals surface area contributed by atoms with Gasteiger partial charge in [-0.05, 0) is 24.3 Å². The fourth-order valence-corrected chi connectivity index (χ4v) is 2.71. The molecular weight excluding hydrogens is 324 g/mol. The zero-order valence-corrected chi connectivity index (χ0v) is 13.5. The zero-order valence-electron chi connectivity index (χ0n) is 13.5. The molecule has 2 aliphatic heterocycles. The van der Waals surface area contributed by atoms with Gasteiger partial charge in [-0.3, -0.25) is 0 Å². The third kappa shape index (κ3) is 3.40. The van der Waals surface area contributed by atoms with Crippen molar-refractivity contribution in [3.63, 3.8) is 0 Å². The Balaban J connectivity index is 1.33. The molecule has 1 atom stereocenters. The molecule has 0 unspecified atom stereocenters. The molecule has 0 aromatic heterocycles. The number of amides is 2. The molecule has 2 heterocycles. The third-order valence-electron chi connectivity index (χ3n) is 3.87. The van der Waals surface area contributed by atoms with Crippen LogP contribution in [-0.4, -0.2) is 38.5 Å². The number of fused-ring (bicyclic) bond motifs is 2. The van der Waals surface area contributed by atoms with Crippen LogP contribution in [0.25, 0.3) is 0 Å². The highest BCUT2D eigenvalue weighted by molar-refractivity contribution is 5.91. The number of rotatable bonds is 3. The summed E-state index contributed by atoms with van der Waals surface area (Å²) in [5.74, 6) is 2.58. The molecule has 0 radical (unpaired) electrons. The molecule has 0 bridgehead atoms. The van der Waals surface area contributed by atoms with Crippen LogP contribution < -0.4 is 29.6 Å². The Kier molecular flexibility index (Phi) is 4.20. The Morgan fingerprint density at radius 1 is 0.960 bits per heavy atom. The topological polar surface area (TPSA) is 78.1 Å². The van der Waals surface area contributed by atoms with E-state index in [9.17, 15) is 4.79 Å². The number of urea groups is 1. The molecule has 25 heavy (non-hydrogen) atoms. The highest BCUT2D eigenvalue weighted by Crippen LogP contribution is 2.37. The quantitative estimate of drug-likeness (QED) is 0.896. The monoisotopic (exact) mass is 342 g/mol. The molecule has 2 aromatic rings. The third-order valence-corrected chi connectivity index (χ3v) is 3.87. The summed E-state index contributed by atoms with van der Waals surface area (Å²) < 4.78 is 22.5. The Morgan fingerprint density at radius 3 is 2.68 bits per heavy atom. The molecule has 4 rings (SSSR count). The van der Waals surface area contributed by atoms with Crippen molar-refractivity contribution >= 4 is 11.7 Å². The van der Waals surface area contributed by atoms with Crippen molar-refractivity contribution in [3.05, 3.63) is 42.5 Å². The van der Waals surface area contributed by atoms with Gasteiger partial charge in [0.1, 0.15) is 19.8 Å². The first-order valence-corrected chi connectivity index (χ1v) is 8.11. The van der Waals surface area contributed by atoms with E-state index >= 15 is 0 Å². The number of hydrogen-bond acceptors (Lipinski definition) is 5. The second-order valence-electron chi connectivity index (χ2n) is 5.66. The van der Waals surface area contributed by atoms with Crippen LogP contribution in [0.4, 0.5) is 10.5 Å². The minimum atomic E-state index is -0.343. The van der Waals surface area contributed by atoms with E-state index in [0.717, 1.165) is 5.75 Å². The smallest absolute Gasteiger partial charge is 0.319 e. The van der Waals surface area contributed by atoms with Gasteiger partial charge in [0.25, 0.3) is 0 Å². The van der Waals surface area contributed by atoms with Gasteiger partial charge >= 0.3 is 6.03 Å². The fourth-order valence-electron chi connectivity index (χ4n) is 2.71. The van der Waals surface area contributed by atoms with E-state index in [4.69, 9.17) is 18.9 Å². The van der Waals surface area contributed by atoms with E-state index in [2.05, 4.69) is 10.6 Å². The second kappa shape index (κ2) is 6.80. The van der Waals surface area contributed by atoms with Crippen LogP contribution in [0.5, 0.6) is 23.0 Å². The summed E-state index contributed by atoms with van der Waals surface area (Å²) in [6.45, 7) is 1.67. The molecule has 130 valence electrons. The van der Waals surface area contributed by atoms with E-state index in [0.29, 0.717) is 49.3 Å². The van der Waals surface area contributed by atoms with E-state index in [1.165, 1.54) is 0 Å². The highest BCUT2D eigenvalue weighted by atomic mass is 16.6. The van der Waals surface area contributed by atoms with Crippen LogP contribution in [0.2, 0.25) is 0 Å². The summed E-state index contributed by atoms with van der Waals surface area (Å²) >= 11 is 0. The van der Waals surface area contributed by atoms with Crippen molar-refractivity contribution in [2.75, 3.05) is 31.7 Å². The maximum atomic E-state index is 12.2. The molecule has 0 saturated carbocycles. The summed E-state index contributed by atoms with van der Waals surface area (Å²) in [6, 6.07) is 12.5. The van der Waals surface area contributed by atoms with Gasteiger partial charge in [-0.15, -0.1) is 0 Å². The summed E-state index contributed by atoms with van der Waals surface area (Å²) in [5.41, 5.74) is 0.570. The maximum absolute atomic E-state index is 12.2. The van der Waals surface area contributed by atoms with Crippen LogP contribution in [0.1, 0.15) is 0 Å². The van der Waals surface area contributed by atoms with Crippen molar-refractivity contribution in [1.82, 2.24) is 5.32 Å². The average molecular weight is 342 g/mol. The van der Waals surface area contributed by atoms with Crippen molar-refractivity contribution in [1.29, 1.82) is 0 Å². The predicted octanol–water partition coefficient (Wildman–Crippen LogP) is 2.42. The first-order chi connectivity index (χ1) is 12.3. The lowest BCUT2D eigenvalue weighted by Crippen LogP contribution is -2.42.